The van der Waals surface area contributed by atoms with Gasteiger partial charge in [0.2, 0.25) is 11.8 Å². The minimum atomic E-state index is -0.572. The number of carbonyl (C=O) groups excluding carboxylic acids is 2. The van der Waals surface area contributed by atoms with Gasteiger partial charge in [-0.05, 0) is 18.8 Å². The van der Waals surface area contributed by atoms with Gasteiger partial charge in [0.15, 0.2) is 0 Å². The van der Waals surface area contributed by atoms with Crippen molar-refractivity contribution in [1.29, 1.82) is 0 Å². The third kappa shape index (κ3) is 9.64. The van der Waals surface area contributed by atoms with Gasteiger partial charge in [0.05, 0.1) is 19.2 Å². The summed E-state index contributed by atoms with van der Waals surface area (Å²) >= 11 is 0. The highest BCUT2D eigenvalue weighted by molar-refractivity contribution is 5.87. The lowest BCUT2D eigenvalue weighted by atomic mass is 10.0. The number of likely N-dealkylation sites (tertiary alicyclic amines) is 1. The van der Waals surface area contributed by atoms with E-state index >= 15 is 0 Å². The van der Waals surface area contributed by atoms with Gasteiger partial charge in [-0.15, -0.1) is 24.8 Å². The van der Waals surface area contributed by atoms with E-state index in [9.17, 15) is 9.59 Å². The molecule has 0 bridgehead atoms. The highest BCUT2D eigenvalue weighted by Crippen LogP contribution is 2.09. The molecule has 7 nitrogen and oxygen atoms in total. The quantitative estimate of drug-likeness (QED) is 0.551. The summed E-state index contributed by atoms with van der Waals surface area (Å²) in [6.45, 7) is 7.32. The molecule has 4 N–H and O–H groups in total. The fourth-order valence-corrected chi connectivity index (χ4v) is 2.39. The number of carbonyl (C=O) groups is 2. The van der Waals surface area contributed by atoms with Crippen LogP contribution in [0.3, 0.4) is 0 Å². The molecule has 1 heterocycles. The van der Waals surface area contributed by atoms with Crippen molar-refractivity contribution in [3.8, 4) is 0 Å². The van der Waals surface area contributed by atoms with E-state index in [1.165, 1.54) is 0 Å². The van der Waals surface area contributed by atoms with Gasteiger partial charge >= 0.3 is 0 Å². The Kier molecular flexibility index (Phi) is 14.6. The molecule has 0 aliphatic carbocycles. The zero-order chi connectivity index (χ0) is 16.5. The molecule has 0 radical (unpaired) electrons. The Morgan fingerprint density at radius 3 is 2.33 bits per heavy atom. The van der Waals surface area contributed by atoms with Gasteiger partial charge in [-0.3, -0.25) is 9.59 Å². The van der Waals surface area contributed by atoms with E-state index in [2.05, 4.69) is 15.5 Å². The van der Waals surface area contributed by atoms with Crippen molar-refractivity contribution >= 4 is 36.6 Å². The molecule has 144 valence electrons. The Morgan fingerprint density at radius 2 is 1.83 bits per heavy atom. The molecule has 1 atom stereocenters. The molecule has 1 aliphatic rings. The topological polar surface area (TPSA) is 96.7 Å². The molecule has 9 heteroatoms. The molecule has 1 rings (SSSR count). The molecule has 24 heavy (non-hydrogen) atoms. The van der Waals surface area contributed by atoms with Crippen LogP contribution >= 0.6 is 24.8 Å². The van der Waals surface area contributed by atoms with Gasteiger partial charge in [0, 0.05) is 32.8 Å². The minimum absolute atomic E-state index is 0. The first-order valence-corrected chi connectivity index (χ1v) is 7.98. The van der Waals surface area contributed by atoms with Crippen LogP contribution in [0.1, 0.15) is 26.7 Å². The van der Waals surface area contributed by atoms with Crippen molar-refractivity contribution in [2.75, 3.05) is 39.9 Å². The molecule has 0 aromatic heterocycles. The van der Waals surface area contributed by atoms with Gasteiger partial charge in [0.1, 0.15) is 0 Å². The second kappa shape index (κ2) is 13.7. The Bertz CT molecular complexity index is 365. The first-order valence-electron chi connectivity index (χ1n) is 7.98. The maximum atomic E-state index is 11.9. The number of rotatable bonds is 8. The lowest BCUT2D eigenvalue weighted by Crippen LogP contribution is -2.50. The van der Waals surface area contributed by atoms with Crippen LogP contribution in [0, 0.1) is 5.92 Å². The number of methoxy groups -OCH3 is 1. The number of nitrogens with two attached hydrogens (primary N) is 1. The Balaban J connectivity index is 0. The van der Waals surface area contributed by atoms with Crippen LogP contribution in [0.4, 0.5) is 0 Å². The third-order valence-electron chi connectivity index (χ3n) is 4.01. The van der Waals surface area contributed by atoms with Gasteiger partial charge in [-0.1, -0.05) is 13.8 Å². The molecular formula is C15H32Cl2N4O3. The molecule has 1 fully saturated rings. The molecule has 0 unspecified atom stereocenters. The number of nitrogens with one attached hydrogen (secondary N) is 2. The van der Waals surface area contributed by atoms with Gasteiger partial charge < -0.3 is 26.0 Å². The largest absolute Gasteiger partial charge is 0.383 e. The average molecular weight is 387 g/mol. The van der Waals surface area contributed by atoms with Gasteiger partial charge in [-0.2, -0.15) is 0 Å². The summed E-state index contributed by atoms with van der Waals surface area (Å²) in [5.41, 5.74) is 5.73. The van der Waals surface area contributed by atoms with Crippen molar-refractivity contribution in [2.45, 2.75) is 38.8 Å². The molecule has 0 aromatic carbocycles. The summed E-state index contributed by atoms with van der Waals surface area (Å²) in [6.07, 6.45) is 1.85. The number of ether oxygens (including phenoxy) is 1. The SMILES string of the molecule is COCCN1CCC(NC(=O)CNC(=O)[C@@H](N)C(C)C)CC1.Cl.Cl. The maximum absolute atomic E-state index is 11.9. The predicted octanol–water partition coefficient (Wildman–Crippen LogP) is 0.157. The van der Waals surface area contributed by atoms with Crippen LogP contribution in [0.25, 0.3) is 0 Å². The van der Waals surface area contributed by atoms with E-state index in [1.807, 2.05) is 13.8 Å². The van der Waals surface area contributed by atoms with E-state index in [-0.39, 0.29) is 55.1 Å². The van der Waals surface area contributed by atoms with Crippen molar-refractivity contribution in [3.05, 3.63) is 0 Å². The second-order valence-corrected chi connectivity index (χ2v) is 6.16. The monoisotopic (exact) mass is 386 g/mol. The van der Waals surface area contributed by atoms with E-state index < -0.39 is 6.04 Å². The highest BCUT2D eigenvalue weighted by atomic mass is 35.5. The number of nitrogens with zero attached hydrogens (tertiary/aromatic N) is 1. The summed E-state index contributed by atoms with van der Waals surface area (Å²) in [7, 11) is 1.70. The summed E-state index contributed by atoms with van der Waals surface area (Å²) < 4.78 is 5.06. The number of piperidine rings is 1. The minimum Gasteiger partial charge on any atom is -0.383 e. The molecular weight excluding hydrogens is 355 g/mol. The van der Waals surface area contributed by atoms with Crippen LogP contribution < -0.4 is 16.4 Å². The van der Waals surface area contributed by atoms with E-state index in [4.69, 9.17) is 10.5 Å². The Hall–Kier alpha value is -0.600. The zero-order valence-electron chi connectivity index (χ0n) is 14.7. The van der Waals surface area contributed by atoms with Gasteiger partial charge in [-0.25, -0.2) is 0 Å². The smallest absolute Gasteiger partial charge is 0.239 e. The summed E-state index contributed by atoms with van der Waals surface area (Å²) in [5, 5.41) is 5.55. The lowest BCUT2D eigenvalue weighted by molar-refractivity contribution is -0.127. The van der Waals surface area contributed by atoms with Crippen LogP contribution in [-0.4, -0.2) is 68.7 Å². The van der Waals surface area contributed by atoms with E-state index in [0.29, 0.717) is 0 Å². The van der Waals surface area contributed by atoms with Crippen LogP contribution in [0.2, 0.25) is 0 Å². The van der Waals surface area contributed by atoms with E-state index in [0.717, 1.165) is 39.1 Å². The molecule has 0 saturated carbocycles. The Labute approximate surface area is 157 Å². The molecule has 2 amide bonds. The highest BCUT2D eigenvalue weighted by Gasteiger charge is 2.21. The van der Waals surface area contributed by atoms with Crippen LogP contribution in [-0.2, 0) is 14.3 Å². The number of halogens is 2. The summed E-state index contributed by atoms with van der Waals surface area (Å²) in [6, 6.07) is -0.390. The number of amides is 2. The molecule has 1 aliphatic heterocycles. The molecule has 0 aromatic rings. The second-order valence-electron chi connectivity index (χ2n) is 6.16. The molecule has 1 saturated heterocycles. The summed E-state index contributed by atoms with van der Waals surface area (Å²) in [4.78, 5) is 25.9. The fourth-order valence-electron chi connectivity index (χ4n) is 2.39. The number of hydrogen-bond donors (Lipinski definition) is 3. The first-order chi connectivity index (χ1) is 10.4. The van der Waals surface area contributed by atoms with Crippen LogP contribution in [0.5, 0.6) is 0 Å². The van der Waals surface area contributed by atoms with Crippen molar-refractivity contribution in [3.63, 3.8) is 0 Å². The van der Waals surface area contributed by atoms with Gasteiger partial charge in [0.25, 0.3) is 0 Å². The summed E-state index contributed by atoms with van der Waals surface area (Å²) in [5.74, 6) is -0.376. The predicted molar refractivity (Wildman–Crippen MR) is 99.8 cm³/mol. The Morgan fingerprint density at radius 1 is 1.25 bits per heavy atom. The van der Waals surface area contributed by atoms with E-state index in [1.54, 1.807) is 7.11 Å². The van der Waals surface area contributed by atoms with Crippen molar-refractivity contribution in [2.24, 2.45) is 11.7 Å². The first kappa shape index (κ1) is 25.6. The lowest BCUT2D eigenvalue weighted by Gasteiger charge is -2.32. The third-order valence-corrected chi connectivity index (χ3v) is 4.01. The number of hydrogen-bond acceptors (Lipinski definition) is 5. The maximum Gasteiger partial charge on any atom is 0.239 e. The van der Waals surface area contributed by atoms with Crippen molar-refractivity contribution < 1.29 is 14.3 Å². The van der Waals surface area contributed by atoms with Crippen LogP contribution in [0.15, 0.2) is 0 Å². The van der Waals surface area contributed by atoms with Crippen molar-refractivity contribution in [1.82, 2.24) is 15.5 Å². The normalized spacial score (nSPS) is 16.7. The fraction of sp³-hybridized carbons (Fsp3) is 0.867. The standard InChI is InChI=1S/C15H30N4O3.2ClH/c1-11(2)14(16)15(21)17-10-13(20)18-12-4-6-19(7-5-12)8-9-22-3;;/h11-12,14H,4-10,16H2,1-3H3,(H,17,21)(H,18,20);2*1H/t14-;;/m0../s1. The average Bonchev–Trinajstić information content (AvgIpc) is 2.51. The molecule has 0 spiro atoms. The zero-order valence-corrected chi connectivity index (χ0v) is 16.4.